The summed E-state index contributed by atoms with van der Waals surface area (Å²) in [7, 11) is 0. The molecule has 0 unspecified atom stereocenters. The molecule has 268 valence electrons. The molecule has 6 nitrogen and oxygen atoms in total. The molecule has 0 atom stereocenters. The minimum absolute atomic E-state index is 0.219. The van der Waals surface area contributed by atoms with Gasteiger partial charge < -0.3 is 32.4 Å². The van der Waals surface area contributed by atoms with Crippen LogP contribution >= 0.6 is 0 Å². The number of allylic oxidation sites excluding steroid dienone is 3. The molecule has 0 saturated carbocycles. The monoisotopic (exact) mass is 645 g/mol. The van der Waals surface area contributed by atoms with Crippen molar-refractivity contribution in [3.8, 4) is 0 Å². The van der Waals surface area contributed by atoms with E-state index >= 15 is 0 Å². The summed E-state index contributed by atoms with van der Waals surface area (Å²) in [6.45, 7) is 18.4. The molecule has 0 saturated heterocycles. The topological polar surface area (TPSA) is 120 Å². The lowest BCUT2D eigenvalue weighted by Gasteiger charge is -2.07. The predicted molar refractivity (Wildman–Crippen MR) is 207 cm³/mol. The highest BCUT2D eigenvalue weighted by atomic mass is 16.5. The second-order valence-corrected chi connectivity index (χ2v) is 11.9. The Morgan fingerprint density at radius 1 is 0.739 bits per heavy atom. The fourth-order valence-corrected chi connectivity index (χ4v) is 4.36. The number of rotatable bonds is 25. The van der Waals surface area contributed by atoms with Crippen molar-refractivity contribution in [3.05, 3.63) is 78.8 Å². The van der Waals surface area contributed by atoms with Crippen LogP contribution in [0.2, 0.25) is 0 Å². The Labute approximate surface area is 286 Å². The lowest BCUT2D eigenvalue weighted by atomic mass is 10.0. The molecule has 0 aliphatic carbocycles. The molecule has 0 radical (unpaired) electrons. The summed E-state index contributed by atoms with van der Waals surface area (Å²) >= 11 is 0. The van der Waals surface area contributed by atoms with Crippen molar-refractivity contribution in [2.24, 2.45) is 17.2 Å². The summed E-state index contributed by atoms with van der Waals surface area (Å²) in [5, 5.41) is 11.5. The first-order chi connectivity index (χ1) is 22.4. The fourth-order valence-electron chi connectivity index (χ4n) is 4.36. The first-order valence-electron chi connectivity index (χ1n) is 18.1. The summed E-state index contributed by atoms with van der Waals surface area (Å²) in [5.41, 5.74) is 21.2. The van der Waals surface area contributed by atoms with E-state index in [1.54, 1.807) is 0 Å². The number of aliphatic hydroxyl groups excluding tert-OH is 1. The molecule has 0 aliphatic rings. The van der Waals surface area contributed by atoms with Gasteiger partial charge in [0.2, 0.25) is 0 Å². The Kier molecular flexibility index (Phi) is 44.5. The Balaban J connectivity index is -0.000000719. The maximum absolute atomic E-state index is 7.99. The zero-order valence-corrected chi connectivity index (χ0v) is 30.7. The van der Waals surface area contributed by atoms with Gasteiger partial charge in [-0.2, -0.15) is 0 Å². The van der Waals surface area contributed by atoms with Crippen LogP contribution in [-0.2, 0) is 11.3 Å². The molecule has 0 bridgehead atoms. The molecule has 1 aromatic carbocycles. The molecule has 0 spiro atoms. The highest BCUT2D eigenvalue weighted by Crippen LogP contribution is 2.14. The molecule has 6 heteroatoms. The maximum Gasteiger partial charge on any atom is 0.0829 e. The first kappa shape index (κ1) is 48.0. The number of nitrogens with one attached hydrogen (secondary N) is 1. The molecule has 0 aliphatic heterocycles. The van der Waals surface area contributed by atoms with Crippen LogP contribution in [0.25, 0.3) is 0 Å². The zero-order valence-electron chi connectivity index (χ0n) is 30.7. The normalized spacial score (nSPS) is 10.2. The van der Waals surface area contributed by atoms with Crippen molar-refractivity contribution < 1.29 is 9.84 Å². The molecule has 8 N–H and O–H groups in total. The van der Waals surface area contributed by atoms with E-state index in [1.165, 1.54) is 125 Å². The standard InChI is InChI=1S/C23H42N2.C10H19N.C4H6O.C3H9NO/c1-2-3-4-5-6-7-8-9-10-11-12-13-14-15-20-25-23-18-16-22(21-24)17-19-23;1-9(2)5-4-6-10(3)7-8-11;1-3-5-4-2;4-2-1-3-5/h16-19,25H,2-15,20-21,24H2,1H3;5,7H,4,6,8,11H2,1-3H3;3-4H,1-2H2;5H,1-4H2. The zero-order chi connectivity index (χ0) is 34.9. The Morgan fingerprint density at radius 3 is 1.59 bits per heavy atom. The van der Waals surface area contributed by atoms with Crippen LogP contribution in [0.5, 0.6) is 0 Å². The average molecular weight is 645 g/mol. The summed E-state index contributed by atoms with van der Waals surface area (Å²) in [4.78, 5) is 0. The third-order valence-corrected chi connectivity index (χ3v) is 7.16. The lowest BCUT2D eigenvalue weighted by Crippen LogP contribution is -2.02. The van der Waals surface area contributed by atoms with E-state index in [1.807, 2.05) is 0 Å². The number of ether oxygens (including phenoxy) is 1. The van der Waals surface area contributed by atoms with E-state index in [0.29, 0.717) is 19.6 Å². The first-order valence-corrected chi connectivity index (χ1v) is 18.1. The van der Waals surface area contributed by atoms with Gasteiger partial charge in [0.25, 0.3) is 0 Å². The number of unbranched alkanes of at least 4 members (excludes halogenated alkanes) is 13. The molecular weight excluding hydrogens is 568 g/mol. The summed E-state index contributed by atoms with van der Waals surface area (Å²) in [6.07, 6.45) is 29.8. The van der Waals surface area contributed by atoms with E-state index < -0.39 is 0 Å². The van der Waals surface area contributed by atoms with E-state index in [0.717, 1.165) is 25.8 Å². The van der Waals surface area contributed by atoms with Gasteiger partial charge in [-0.3, -0.25) is 0 Å². The van der Waals surface area contributed by atoms with Crippen molar-refractivity contribution in [3.63, 3.8) is 0 Å². The fraction of sp³-hybridized carbons (Fsp3) is 0.650. The van der Waals surface area contributed by atoms with Gasteiger partial charge in [-0.05, 0) is 70.7 Å². The van der Waals surface area contributed by atoms with Crippen molar-refractivity contribution in [2.75, 3.05) is 31.6 Å². The highest BCUT2D eigenvalue weighted by Gasteiger charge is 1.96. The average Bonchev–Trinajstić information content (AvgIpc) is 3.05. The van der Waals surface area contributed by atoms with Crippen LogP contribution in [0, 0.1) is 0 Å². The second kappa shape index (κ2) is 42.6. The largest absolute Gasteiger partial charge is 0.474 e. The van der Waals surface area contributed by atoms with Crippen molar-refractivity contribution >= 4 is 5.69 Å². The molecule has 1 rings (SSSR count). The quantitative estimate of drug-likeness (QED) is 0.0410. The SMILES string of the molecule is C=COC=C.CC(C)=CCCC(C)=CCN.CCCCCCCCCCCCCCCCNc1ccc(CN)cc1.NCCCO. The number of hydrogen-bond donors (Lipinski definition) is 5. The van der Waals surface area contributed by atoms with Gasteiger partial charge in [-0.1, -0.05) is 139 Å². The van der Waals surface area contributed by atoms with Crippen LogP contribution in [-0.4, -0.2) is 31.3 Å². The van der Waals surface area contributed by atoms with Gasteiger partial charge in [-0.25, -0.2) is 0 Å². The molecule has 0 aromatic heterocycles. The molecule has 1 aromatic rings. The van der Waals surface area contributed by atoms with Crippen LogP contribution in [0.3, 0.4) is 0 Å². The lowest BCUT2D eigenvalue weighted by molar-refractivity contribution is 0.291. The van der Waals surface area contributed by atoms with Gasteiger partial charge in [0.1, 0.15) is 0 Å². The third-order valence-electron chi connectivity index (χ3n) is 7.16. The van der Waals surface area contributed by atoms with E-state index in [9.17, 15) is 0 Å². The van der Waals surface area contributed by atoms with Crippen LogP contribution < -0.4 is 22.5 Å². The predicted octanol–water partition coefficient (Wildman–Crippen LogP) is 10.3. The van der Waals surface area contributed by atoms with Gasteiger partial charge in [0.15, 0.2) is 0 Å². The summed E-state index contributed by atoms with van der Waals surface area (Å²) in [5.74, 6) is 0. The number of aliphatic hydroxyl groups is 1. The van der Waals surface area contributed by atoms with Crippen LogP contribution in [0.4, 0.5) is 5.69 Å². The van der Waals surface area contributed by atoms with Gasteiger partial charge in [0, 0.05) is 31.9 Å². The van der Waals surface area contributed by atoms with Crippen molar-refractivity contribution in [2.45, 2.75) is 143 Å². The number of anilines is 1. The van der Waals surface area contributed by atoms with Crippen LogP contribution in [0.1, 0.15) is 142 Å². The van der Waals surface area contributed by atoms with E-state index in [2.05, 4.69) is 87.3 Å². The van der Waals surface area contributed by atoms with E-state index in [4.69, 9.17) is 22.3 Å². The smallest absolute Gasteiger partial charge is 0.0829 e. The van der Waals surface area contributed by atoms with Crippen molar-refractivity contribution in [1.29, 1.82) is 0 Å². The summed E-state index contributed by atoms with van der Waals surface area (Å²) in [6, 6.07) is 8.47. The number of nitrogens with two attached hydrogens (primary N) is 3. The van der Waals surface area contributed by atoms with E-state index in [-0.39, 0.29) is 6.61 Å². The van der Waals surface area contributed by atoms with Gasteiger partial charge in [0.05, 0.1) is 12.5 Å². The maximum atomic E-state index is 7.99. The minimum Gasteiger partial charge on any atom is -0.474 e. The molecular formula is C40H76N4O2. The Hall–Kier alpha value is -2.38. The van der Waals surface area contributed by atoms with Crippen molar-refractivity contribution in [1.82, 2.24) is 0 Å². The minimum atomic E-state index is 0.219. The van der Waals surface area contributed by atoms with Gasteiger partial charge >= 0.3 is 0 Å². The Bertz CT molecular complexity index is 794. The molecule has 0 fully saturated rings. The molecule has 0 amide bonds. The third kappa shape index (κ3) is 43.7. The molecule has 0 heterocycles. The van der Waals surface area contributed by atoms with Gasteiger partial charge in [-0.15, -0.1) is 0 Å². The molecule has 46 heavy (non-hydrogen) atoms. The van der Waals surface area contributed by atoms with Crippen LogP contribution in [0.15, 0.2) is 73.2 Å². The summed E-state index contributed by atoms with van der Waals surface area (Å²) < 4.78 is 4.36. The number of hydrogen-bond acceptors (Lipinski definition) is 6. The Morgan fingerprint density at radius 2 is 1.24 bits per heavy atom. The number of benzene rings is 1. The highest BCUT2D eigenvalue weighted by molar-refractivity contribution is 5.44. The second-order valence-electron chi connectivity index (χ2n) is 11.9.